The van der Waals surface area contributed by atoms with E-state index in [1.165, 1.54) is 30.6 Å². The molecule has 2 N–H and O–H groups in total. The number of pyridine rings is 2. The summed E-state index contributed by atoms with van der Waals surface area (Å²) in [6.45, 7) is 0.212. The van der Waals surface area contributed by atoms with Crippen LogP contribution in [0, 0.1) is 0 Å². The lowest BCUT2D eigenvalue weighted by Crippen LogP contribution is -2.23. The Morgan fingerprint density at radius 2 is 2.00 bits per heavy atom. The van der Waals surface area contributed by atoms with E-state index in [1.54, 1.807) is 6.92 Å². The Morgan fingerprint density at radius 1 is 1.25 bits per heavy atom. The van der Waals surface area contributed by atoms with Crippen LogP contribution in [0.5, 0.6) is 5.88 Å². The zero-order chi connectivity index (χ0) is 20.7. The minimum absolute atomic E-state index is 0.0318. The second kappa shape index (κ2) is 9.36. The number of rotatable bonds is 7. The first-order chi connectivity index (χ1) is 13.2. The summed E-state index contributed by atoms with van der Waals surface area (Å²) in [7, 11) is 0. The smallest absolute Gasteiger partial charge is 0.422 e. The van der Waals surface area contributed by atoms with Crippen LogP contribution >= 0.6 is 11.6 Å². The van der Waals surface area contributed by atoms with E-state index in [0.717, 1.165) is 0 Å². The molecule has 150 valence electrons. The van der Waals surface area contributed by atoms with Gasteiger partial charge in [-0.15, -0.1) is 0 Å². The molecule has 0 fully saturated rings. The van der Waals surface area contributed by atoms with Gasteiger partial charge >= 0.3 is 6.18 Å². The van der Waals surface area contributed by atoms with E-state index in [1.807, 2.05) is 0 Å². The van der Waals surface area contributed by atoms with Gasteiger partial charge in [0.15, 0.2) is 6.61 Å². The molecule has 0 radical (unpaired) electrons. The van der Waals surface area contributed by atoms with Gasteiger partial charge in [-0.1, -0.05) is 18.5 Å². The molecule has 2 amide bonds. The van der Waals surface area contributed by atoms with Crippen LogP contribution in [0.4, 0.5) is 19.0 Å². The Morgan fingerprint density at radius 3 is 2.64 bits per heavy atom. The summed E-state index contributed by atoms with van der Waals surface area (Å²) in [4.78, 5) is 31.3. The molecule has 0 unspecified atom stereocenters. The van der Waals surface area contributed by atoms with Gasteiger partial charge in [0.05, 0.1) is 0 Å². The van der Waals surface area contributed by atoms with Gasteiger partial charge in [-0.2, -0.15) is 13.2 Å². The molecule has 0 atom stereocenters. The fourth-order valence-electron chi connectivity index (χ4n) is 1.97. The van der Waals surface area contributed by atoms with Crippen LogP contribution in [0.1, 0.15) is 29.3 Å². The van der Waals surface area contributed by atoms with Crippen LogP contribution in [0.2, 0.25) is 5.02 Å². The highest BCUT2D eigenvalue weighted by atomic mass is 35.5. The maximum absolute atomic E-state index is 12.2. The van der Waals surface area contributed by atoms with Gasteiger partial charge in [-0.25, -0.2) is 9.97 Å². The van der Waals surface area contributed by atoms with E-state index in [4.69, 9.17) is 11.6 Å². The third-order valence-electron chi connectivity index (χ3n) is 3.30. The van der Waals surface area contributed by atoms with Gasteiger partial charge in [0, 0.05) is 30.9 Å². The molecule has 0 bridgehead atoms. The number of aromatic nitrogens is 2. The zero-order valence-corrected chi connectivity index (χ0v) is 15.4. The van der Waals surface area contributed by atoms with Gasteiger partial charge in [0.1, 0.15) is 10.8 Å². The SMILES string of the molecule is CCC(=O)Nc1cc(C(=O)NCc2cnc(OCC(F)(F)F)c(Cl)c2)ccn1. The molecule has 0 saturated heterocycles. The van der Waals surface area contributed by atoms with E-state index in [0.29, 0.717) is 5.56 Å². The predicted molar refractivity (Wildman–Crippen MR) is 95.1 cm³/mol. The minimum Gasteiger partial charge on any atom is -0.467 e. The molecular weight excluding hydrogens is 401 g/mol. The maximum atomic E-state index is 12.2. The Hall–Kier alpha value is -2.88. The molecule has 0 aliphatic rings. The topological polar surface area (TPSA) is 93.2 Å². The number of nitrogens with one attached hydrogen (secondary N) is 2. The van der Waals surface area contributed by atoms with Crippen LogP contribution in [-0.4, -0.2) is 34.6 Å². The second-order valence-corrected chi connectivity index (χ2v) is 5.96. The molecule has 2 rings (SSSR count). The summed E-state index contributed by atoms with van der Waals surface area (Å²) in [6.07, 6.45) is -1.60. The number of alkyl halides is 3. The molecule has 0 aliphatic heterocycles. The van der Waals surface area contributed by atoms with Crippen LogP contribution in [0.3, 0.4) is 0 Å². The molecule has 28 heavy (non-hydrogen) atoms. The first-order valence-corrected chi connectivity index (χ1v) is 8.44. The van der Waals surface area contributed by atoms with E-state index in [9.17, 15) is 22.8 Å². The van der Waals surface area contributed by atoms with Crippen molar-refractivity contribution in [2.45, 2.75) is 26.1 Å². The number of hydrogen-bond donors (Lipinski definition) is 2. The van der Waals surface area contributed by atoms with Crippen molar-refractivity contribution in [2.75, 3.05) is 11.9 Å². The number of carbonyl (C=O) groups excluding carboxylic acids is 2. The summed E-state index contributed by atoms with van der Waals surface area (Å²) >= 11 is 5.86. The molecular formula is C17H16ClF3N4O3. The number of amides is 2. The van der Waals surface area contributed by atoms with Crippen molar-refractivity contribution < 1.29 is 27.5 Å². The highest BCUT2D eigenvalue weighted by molar-refractivity contribution is 6.31. The largest absolute Gasteiger partial charge is 0.467 e. The zero-order valence-electron chi connectivity index (χ0n) is 14.6. The Kier molecular flexibility index (Phi) is 7.16. The van der Waals surface area contributed by atoms with Gasteiger partial charge in [-0.3, -0.25) is 9.59 Å². The lowest BCUT2D eigenvalue weighted by atomic mass is 10.2. The summed E-state index contributed by atoms with van der Waals surface area (Å²) in [6, 6.07) is 4.23. The number of ether oxygens (including phenoxy) is 1. The van der Waals surface area contributed by atoms with Gasteiger partial charge in [0.2, 0.25) is 11.8 Å². The van der Waals surface area contributed by atoms with Crippen LogP contribution in [-0.2, 0) is 11.3 Å². The van der Waals surface area contributed by atoms with Crippen molar-refractivity contribution in [3.8, 4) is 5.88 Å². The number of halogens is 4. The molecule has 2 aromatic heterocycles. The lowest BCUT2D eigenvalue weighted by Gasteiger charge is -2.11. The first-order valence-electron chi connectivity index (χ1n) is 8.06. The monoisotopic (exact) mass is 416 g/mol. The predicted octanol–water partition coefficient (Wildman–Crippen LogP) is 3.35. The van der Waals surface area contributed by atoms with Crippen molar-refractivity contribution in [1.29, 1.82) is 0 Å². The van der Waals surface area contributed by atoms with Crippen molar-refractivity contribution in [1.82, 2.24) is 15.3 Å². The van der Waals surface area contributed by atoms with Crippen LogP contribution in [0.25, 0.3) is 0 Å². The Labute approximate surface area is 163 Å². The first kappa shape index (κ1) is 21.4. The number of anilines is 1. The fourth-order valence-corrected chi connectivity index (χ4v) is 2.22. The van der Waals surface area contributed by atoms with Gasteiger partial charge < -0.3 is 15.4 Å². The number of nitrogens with zero attached hydrogens (tertiary/aromatic N) is 2. The molecule has 0 saturated carbocycles. The third-order valence-corrected chi connectivity index (χ3v) is 3.57. The maximum Gasteiger partial charge on any atom is 0.422 e. The van der Waals surface area contributed by atoms with Crippen LogP contribution < -0.4 is 15.4 Å². The highest BCUT2D eigenvalue weighted by Gasteiger charge is 2.29. The summed E-state index contributed by atoms with van der Waals surface area (Å²) in [5.41, 5.74) is 0.733. The molecule has 2 aromatic rings. The quantitative estimate of drug-likeness (QED) is 0.722. The summed E-state index contributed by atoms with van der Waals surface area (Å²) in [5.74, 6) is -0.781. The van der Waals surface area contributed by atoms with Crippen molar-refractivity contribution in [2.24, 2.45) is 0 Å². The third kappa shape index (κ3) is 6.69. The molecule has 7 nitrogen and oxygen atoms in total. The number of hydrogen-bond acceptors (Lipinski definition) is 5. The van der Waals surface area contributed by atoms with Gasteiger partial charge in [0.25, 0.3) is 5.91 Å². The number of carbonyl (C=O) groups is 2. The van der Waals surface area contributed by atoms with Crippen molar-refractivity contribution >= 4 is 29.2 Å². The normalized spacial score (nSPS) is 11.0. The fraction of sp³-hybridized carbons (Fsp3) is 0.294. The molecule has 0 aliphatic carbocycles. The summed E-state index contributed by atoms with van der Waals surface area (Å²) in [5, 5.41) is 5.05. The van der Waals surface area contributed by atoms with E-state index in [2.05, 4.69) is 25.3 Å². The second-order valence-electron chi connectivity index (χ2n) is 5.55. The van der Waals surface area contributed by atoms with Crippen LogP contribution in [0.15, 0.2) is 30.6 Å². The average Bonchev–Trinajstić information content (AvgIpc) is 2.64. The van der Waals surface area contributed by atoms with Crippen molar-refractivity contribution in [3.05, 3.63) is 46.7 Å². The average molecular weight is 417 g/mol. The van der Waals surface area contributed by atoms with Crippen molar-refractivity contribution in [3.63, 3.8) is 0 Å². The molecule has 2 heterocycles. The van der Waals surface area contributed by atoms with E-state index in [-0.39, 0.29) is 41.2 Å². The molecule has 0 spiro atoms. The van der Waals surface area contributed by atoms with E-state index >= 15 is 0 Å². The summed E-state index contributed by atoms with van der Waals surface area (Å²) < 4.78 is 41.0. The van der Waals surface area contributed by atoms with E-state index < -0.39 is 18.7 Å². The standard InChI is InChI=1S/C17H16ClF3N4O3/c1-2-14(26)25-13-6-11(3-4-22-13)15(27)23-7-10-5-12(18)16(24-8-10)28-9-17(19,20)21/h3-6,8H,2,7,9H2,1H3,(H,23,27)(H,22,25,26). The lowest BCUT2D eigenvalue weighted by molar-refractivity contribution is -0.154. The Balaban J connectivity index is 1.96. The molecule has 11 heteroatoms. The van der Waals surface area contributed by atoms with Gasteiger partial charge in [-0.05, 0) is 23.8 Å². The highest BCUT2D eigenvalue weighted by Crippen LogP contribution is 2.25. The minimum atomic E-state index is -4.50. The molecule has 0 aromatic carbocycles. The Bertz CT molecular complexity index is 862.